The Balaban J connectivity index is 1.40. The minimum Gasteiger partial charge on any atom is -0.342 e. The lowest BCUT2D eigenvalue weighted by atomic mass is 10.0. The van der Waals surface area contributed by atoms with Crippen molar-refractivity contribution < 1.29 is 9.59 Å². The summed E-state index contributed by atoms with van der Waals surface area (Å²) in [7, 11) is 2.19. The molecule has 0 spiro atoms. The summed E-state index contributed by atoms with van der Waals surface area (Å²) in [6.45, 7) is 3.59. The lowest BCUT2D eigenvalue weighted by Crippen LogP contribution is -2.49. The molecule has 2 amide bonds. The molecular weight excluding hydrogens is 290 g/mol. The van der Waals surface area contributed by atoms with Crippen LogP contribution in [0, 0.1) is 11.8 Å². The van der Waals surface area contributed by atoms with Crippen LogP contribution in [0.5, 0.6) is 0 Å². The van der Waals surface area contributed by atoms with Crippen molar-refractivity contribution in [3.63, 3.8) is 0 Å². The molecule has 0 radical (unpaired) electrons. The van der Waals surface area contributed by atoms with Crippen molar-refractivity contribution in [2.24, 2.45) is 11.8 Å². The molecule has 3 aliphatic heterocycles. The molecule has 0 aromatic carbocycles. The Morgan fingerprint density at radius 3 is 2.52 bits per heavy atom. The van der Waals surface area contributed by atoms with E-state index in [0.29, 0.717) is 31.0 Å². The van der Waals surface area contributed by atoms with E-state index in [0.717, 1.165) is 32.5 Å². The molecule has 5 nitrogen and oxygen atoms in total. The molecule has 3 saturated heterocycles. The number of nitrogens with zero attached hydrogens (tertiary/aromatic N) is 3. The highest BCUT2D eigenvalue weighted by Gasteiger charge is 2.43. The quantitative estimate of drug-likeness (QED) is 0.785. The number of likely N-dealkylation sites (N-methyl/N-ethyl adjacent to an activating group) is 1. The molecule has 4 fully saturated rings. The summed E-state index contributed by atoms with van der Waals surface area (Å²) in [6.07, 6.45) is 7.66. The van der Waals surface area contributed by atoms with Gasteiger partial charge >= 0.3 is 0 Å². The van der Waals surface area contributed by atoms with Crippen molar-refractivity contribution in [3.05, 3.63) is 0 Å². The first-order valence-corrected chi connectivity index (χ1v) is 9.42. The average Bonchev–Trinajstić information content (AvgIpc) is 2.91. The fourth-order valence-corrected chi connectivity index (χ4v) is 4.85. The molecule has 3 heterocycles. The van der Waals surface area contributed by atoms with E-state index in [1.807, 2.05) is 4.90 Å². The van der Waals surface area contributed by atoms with Crippen LogP contribution in [0.1, 0.15) is 44.9 Å². The van der Waals surface area contributed by atoms with Crippen molar-refractivity contribution in [3.8, 4) is 0 Å². The van der Waals surface area contributed by atoms with Gasteiger partial charge in [0.25, 0.3) is 0 Å². The van der Waals surface area contributed by atoms with Gasteiger partial charge in [0.15, 0.2) is 0 Å². The fourth-order valence-electron chi connectivity index (χ4n) is 4.85. The van der Waals surface area contributed by atoms with Crippen molar-refractivity contribution in [2.45, 2.75) is 57.0 Å². The smallest absolute Gasteiger partial charge is 0.228 e. The van der Waals surface area contributed by atoms with Gasteiger partial charge in [-0.25, -0.2) is 0 Å². The van der Waals surface area contributed by atoms with E-state index < -0.39 is 0 Å². The Kier molecular flexibility index (Phi) is 4.08. The number of carbonyl (C=O) groups is 2. The highest BCUT2D eigenvalue weighted by molar-refractivity contribution is 5.89. The first kappa shape index (κ1) is 15.4. The number of hydrogen-bond donors (Lipinski definition) is 0. The Morgan fingerprint density at radius 1 is 1.09 bits per heavy atom. The van der Waals surface area contributed by atoms with Gasteiger partial charge in [-0.1, -0.05) is 0 Å². The number of carbonyl (C=O) groups excluding carboxylic acids is 2. The van der Waals surface area contributed by atoms with Gasteiger partial charge in [0.2, 0.25) is 11.8 Å². The predicted octanol–water partition coefficient (Wildman–Crippen LogP) is 1.33. The molecule has 0 N–H and O–H groups in total. The van der Waals surface area contributed by atoms with Gasteiger partial charge in [0.1, 0.15) is 0 Å². The molecule has 1 aliphatic carbocycles. The maximum Gasteiger partial charge on any atom is 0.228 e. The molecule has 0 unspecified atom stereocenters. The minimum absolute atomic E-state index is 0.0893. The molecule has 0 aromatic rings. The Labute approximate surface area is 139 Å². The molecule has 0 bridgehead atoms. The highest BCUT2D eigenvalue weighted by atomic mass is 16.2. The number of amides is 2. The number of likely N-dealkylation sites (tertiary alicyclic amines) is 3. The summed E-state index contributed by atoms with van der Waals surface area (Å²) in [5.74, 6) is 1.07. The second kappa shape index (κ2) is 6.08. The van der Waals surface area contributed by atoms with Crippen LogP contribution < -0.4 is 0 Å². The summed E-state index contributed by atoms with van der Waals surface area (Å²) < 4.78 is 0. The van der Waals surface area contributed by atoms with Crippen molar-refractivity contribution in [2.75, 3.05) is 33.2 Å². The van der Waals surface area contributed by atoms with Crippen LogP contribution in [-0.2, 0) is 9.59 Å². The number of hydrogen-bond acceptors (Lipinski definition) is 3. The molecule has 128 valence electrons. The summed E-state index contributed by atoms with van der Waals surface area (Å²) in [5, 5.41) is 0. The first-order valence-electron chi connectivity index (χ1n) is 9.42. The van der Waals surface area contributed by atoms with E-state index in [4.69, 9.17) is 0 Å². The Bertz CT molecular complexity index is 491. The van der Waals surface area contributed by atoms with Gasteiger partial charge in [0, 0.05) is 38.1 Å². The topological polar surface area (TPSA) is 43.9 Å². The number of rotatable bonds is 4. The van der Waals surface area contributed by atoms with E-state index in [2.05, 4.69) is 16.8 Å². The summed E-state index contributed by atoms with van der Waals surface area (Å²) in [5.41, 5.74) is 0. The molecule has 5 heteroatoms. The fraction of sp³-hybridized carbons (Fsp3) is 0.889. The zero-order valence-corrected chi connectivity index (χ0v) is 14.2. The van der Waals surface area contributed by atoms with Gasteiger partial charge in [-0.2, -0.15) is 0 Å². The lowest BCUT2D eigenvalue weighted by molar-refractivity contribution is -0.137. The van der Waals surface area contributed by atoms with Crippen LogP contribution in [0.25, 0.3) is 0 Å². The van der Waals surface area contributed by atoms with Gasteiger partial charge in [-0.05, 0) is 58.0 Å². The van der Waals surface area contributed by atoms with E-state index >= 15 is 0 Å². The van der Waals surface area contributed by atoms with Crippen LogP contribution >= 0.6 is 0 Å². The normalized spacial score (nSPS) is 35.5. The molecule has 0 aromatic heterocycles. The monoisotopic (exact) mass is 319 g/mol. The average molecular weight is 319 g/mol. The Morgan fingerprint density at radius 2 is 1.83 bits per heavy atom. The van der Waals surface area contributed by atoms with Gasteiger partial charge in [0.05, 0.1) is 5.92 Å². The zero-order chi connectivity index (χ0) is 16.0. The first-order chi connectivity index (χ1) is 11.1. The van der Waals surface area contributed by atoms with E-state index in [1.165, 1.54) is 25.7 Å². The maximum absolute atomic E-state index is 13.0. The summed E-state index contributed by atoms with van der Waals surface area (Å²) in [6, 6.07) is 0.906. The summed E-state index contributed by atoms with van der Waals surface area (Å²) >= 11 is 0. The van der Waals surface area contributed by atoms with Gasteiger partial charge < -0.3 is 14.7 Å². The second-order valence-electron chi connectivity index (χ2n) is 8.07. The largest absolute Gasteiger partial charge is 0.342 e. The maximum atomic E-state index is 13.0. The van der Waals surface area contributed by atoms with E-state index in [-0.39, 0.29) is 17.7 Å². The van der Waals surface area contributed by atoms with E-state index in [1.54, 1.807) is 0 Å². The van der Waals surface area contributed by atoms with Crippen molar-refractivity contribution in [1.29, 1.82) is 0 Å². The van der Waals surface area contributed by atoms with Crippen LogP contribution in [0.2, 0.25) is 0 Å². The molecule has 1 saturated carbocycles. The van der Waals surface area contributed by atoms with E-state index in [9.17, 15) is 9.59 Å². The van der Waals surface area contributed by atoms with Crippen molar-refractivity contribution in [1.82, 2.24) is 14.7 Å². The van der Waals surface area contributed by atoms with Gasteiger partial charge in [-0.3, -0.25) is 9.59 Å². The molecule has 23 heavy (non-hydrogen) atoms. The van der Waals surface area contributed by atoms with Gasteiger partial charge in [-0.15, -0.1) is 0 Å². The minimum atomic E-state index is -0.0893. The summed E-state index contributed by atoms with van der Waals surface area (Å²) in [4.78, 5) is 31.8. The third-order valence-electron chi connectivity index (χ3n) is 6.34. The van der Waals surface area contributed by atoms with Crippen LogP contribution in [-0.4, -0.2) is 71.8 Å². The third kappa shape index (κ3) is 3.00. The Hall–Kier alpha value is -1.10. The molecule has 4 aliphatic rings. The van der Waals surface area contributed by atoms with Crippen molar-refractivity contribution >= 4 is 11.8 Å². The highest BCUT2D eigenvalue weighted by Crippen LogP contribution is 2.34. The SMILES string of the molecule is CN1CCC[C@@H]1[C@@H]1CCCN1C(=O)[C@H]1CC(=O)N(CC2CC2)C1. The zero-order valence-electron chi connectivity index (χ0n) is 14.2. The van der Waals surface area contributed by atoms with Crippen LogP contribution in [0.4, 0.5) is 0 Å². The predicted molar refractivity (Wildman–Crippen MR) is 87.8 cm³/mol. The molecule has 3 atom stereocenters. The second-order valence-corrected chi connectivity index (χ2v) is 8.07. The molecule has 4 rings (SSSR count). The lowest BCUT2D eigenvalue weighted by Gasteiger charge is -2.34. The third-order valence-corrected chi connectivity index (χ3v) is 6.34. The van der Waals surface area contributed by atoms with Crippen LogP contribution in [0.15, 0.2) is 0 Å². The standard InChI is InChI=1S/C18H29N3O2/c1-19-8-2-4-15(19)16-5-3-9-21(16)18(23)14-10-17(22)20(12-14)11-13-6-7-13/h13-16H,2-12H2,1H3/t14-,15+,16-/m0/s1. The van der Waals surface area contributed by atoms with Crippen LogP contribution in [0.3, 0.4) is 0 Å². The molecular formula is C18H29N3O2.